The number of fused-ring (bicyclic) bond motifs is 2. The summed E-state index contributed by atoms with van der Waals surface area (Å²) in [6.07, 6.45) is 0.649. The summed E-state index contributed by atoms with van der Waals surface area (Å²) in [6.45, 7) is 6.78. The Bertz CT molecular complexity index is 1520. The number of carbonyl (C=O) groups excluding carboxylic acids is 1. The van der Waals surface area contributed by atoms with Gasteiger partial charge in [0.15, 0.2) is 6.10 Å². The Morgan fingerprint density at radius 3 is 2.54 bits per heavy atom. The smallest absolute Gasteiger partial charge is 0.339 e. The first-order chi connectivity index (χ1) is 16.6. The van der Waals surface area contributed by atoms with Gasteiger partial charge in [-0.25, -0.2) is 9.59 Å². The second-order valence-electron chi connectivity index (χ2n) is 8.61. The summed E-state index contributed by atoms with van der Waals surface area (Å²) in [5, 5.41) is 23.4. The Kier molecular flexibility index (Phi) is 6.26. The van der Waals surface area contributed by atoms with Crippen LogP contribution in [0.15, 0.2) is 45.7 Å². The summed E-state index contributed by atoms with van der Waals surface area (Å²) >= 11 is 0. The third-order valence-electron chi connectivity index (χ3n) is 6.29. The lowest BCUT2D eigenvalue weighted by atomic mass is 10.0. The largest absolute Gasteiger partial charge is 0.508 e. The lowest BCUT2D eigenvalue weighted by Crippen LogP contribution is -2.47. The average Bonchev–Trinajstić information content (AvgIpc) is 3.20. The molecule has 4 rings (SSSR count). The van der Waals surface area contributed by atoms with Crippen LogP contribution in [0.2, 0.25) is 0 Å². The lowest BCUT2D eigenvalue weighted by Gasteiger charge is -2.20. The molecule has 4 N–H and O–H groups in total. The maximum atomic E-state index is 12.8. The molecule has 2 heterocycles. The van der Waals surface area contributed by atoms with E-state index in [0.29, 0.717) is 33.4 Å². The molecule has 0 spiro atoms. The quantitative estimate of drug-likeness (QED) is 0.298. The summed E-state index contributed by atoms with van der Waals surface area (Å²) in [6, 6.07) is 7.00. The molecular formula is C26H26N2O7. The van der Waals surface area contributed by atoms with Crippen LogP contribution in [-0.4, -0.2) is 39.2 Å². The first-order valence-electron chi connectivity index (χ1n) is 11.1. The molecule has 0 radical (unpaired) electrons. The van der Waals surface area contributed by atoms with Gasteiger partial charge in [0.1, 0.15) is 23.1 Å². The number of aryl methyl sites for hydroxylation is 2. The van der Waals surface area contributed by atoms with Crippen molar-refractivity contribution in [1.29, 1.82) is 0 Å². The minimum Gasteiger partial charge on any atom is -0.508 e. The average molecular weight is 479 g/mol. The van der Waals surface area contributed by atoms with Gasteiger partial charge in [-0.3, -0.25) is 4.79 Å². The Morgan fingerprint density at radius 2 is 1.83 bits per heavy atom. The van der Waals surface area contributed by atoms with E-state index in [9.17, 15) is 24.6 Å². The zero-order valence-electron chi connectivity index (χ0n) is 19.8. The van der Waals surface area contributed by atoms with E-state index in [1.165, 1.54) is 19.1 Å². The number of carbonyl (C=O) groups is 2. The Morgan fingerprint density at radius 1 is 1.09 bits per heavy atom. The number of ether oxygens (including phenoxy) is 1. The third-order valence-corrected chi connectivity index (χ3v) is 6.29. The van der Waals surface area contributed by atoms with Gasteiger partial charge in [-0.15, -0.1) is 0 Å². The molecule has 0 bridgehead atoms. The SMILES string of the molecule is Cc1c(C)c2ccc(O[C@@H](C)C(=O)N[C@H](Cc3c[nH]c4ccc(O)cc34)C(=O)O)c(C)c2oc1=O. The van der Waals surface area contributed by atoms with Gasteiger partial charge in [-0.2, -0.15) is 0 Å². The molecule has 0 fully saturated rings. The normalized spacial score (nSPS) is 13.0. The predicted molar refractivity (Wildman–Crippen MR) is 130 cm³/mol. The summed E-state index contributed by atoms with van der Waals surface area (Å²) in [5.74, 6) is -1.40. The number of phenols is 1. The molecule has 0 aliphatic carbocycles. The second-order valence-corrected chi connectivity index (χ2v) is 8.61. The van der Waals surface area contributed by atoms with Crippen molar-refractivity contribution in [1.82, 2.24) is 10.3 Å². The van der Waals surface area contributed by atoms with E-state index in [4.69, 9.17) is 9.15 Å². The number of aromatic hydroxyl groups is 1. The molecule has 0 aliphatic rings. The number of carboxylic acid groups (broad SMARTS) is 1. The number of benzene rings is 2. The van der Waals surface area contributed by atoms with Crippen LogP contribution in [0.5, 0.6) is 11.5 Å². The van der Waals surface area contributed by atoms with Crippen LogP contribution in [-0.2, 0) is 16.0 Å². The fraction of sp³-hybridized carbons (Fsp3) is 0.269. The maximum Gasteiger partial charge on any atom is 0.339 e. The van der Waals surface area contributed by atoms with E-state index < -0.39 is 29.6 Å². The van der Waals surface area contributed by atoms with E-state index in [-0.39, 0.29) is 12.2 Å². The monoisotopic (exact) mass is 478 g/mol. The maximum absolute atomic E-state index is 12.8. The van der Waals surface area contributed by atoms with Crippen LogP contribution in [0.1, 0.15) is 29.2 Å². The molecule has 9 nitrogen and oxygen atoms in total. The van der Waals surface area contributed by atoms with Crippen molar-refractivity contribution in [2.75, 3.05) is 0 Å². The van der Waals surface area contributed by atoms with Crippen molar-refractivity contribution in [2.24, 2.45) is 0 Å². The van der Waals surface area contributed by atoms with Crippen LogP contribution >= 0.6 is 0 Å². The Labute approximate surface area is 200 Å². The van der Waals surface area contributed by atoms with Crippen molar-refractivity contribution >= 4 is 33.7 Å². The van der Waals surface area contributed by atoms with E-state index in [0.717, 1.165) is 16.5 Å². The Hall–Kier alpha value is -4.27. The van der Waals surface area contributed by atoms with Gasteiger partial charge in [0.25, 0.3) is 5.91 Å². The number of phenolic OH excluding ortho intramolecular Hbond substituents is 1. The lowest BCUT2D eigenvalue weighted by molar-refractivity contribution is -0.142. The third kappa shape index (κ3) is 4.57. The number of amides is 1. The summed E-state index contributed by atoms with van der Waals surface area (Å²) in [5.41, 5.74) is 3.24. The fourth-order valence-electron chi connectivity index (χ4n) is 4.04. The number of rotatable bonds is 7. The molecule has 2 aromatic carbocycles. The van der Waals surface area contributed by atoms with Gasteiger partial charge in [-0.05, 0) is 69.2 Å². The number of H-pyrrole nitrogens is 1. The number of carboxylic acids is 1. The highest BCUT2D eigenvalue weighted by Crippen LogP contribution is 2.30. The molecule has 2 atom stereocenters. The van der Waals surface area contributed by atoms with Crippen LogP contribution in [0.4, 0.5) is 0 Å². The molecule has 4 aromatic rings. The minimum atomic E-state index is -1.21. The molecule has 35 heavy (non-hydrogen) atoms. The first kappa shape index (κ1) is 23.9. The van der Waals surface area contributed by atoms with Gasteiger partial charge < -0.3 is 29.7 Å². The number of aromatic nitrogens is 1. The van der Waals surface area contributed by atoms with Gasteiger partial charge in [0.2, 0.25) is 0 Å². The minimum absolute atomic E-state index is 0.00995. The number of hydrogen-bond donors (Lipinski definition) is 4. The second kappa shape index (κ2) is 9.17. The number of nitrogens with one attached hydrogen (secondary N) is 2. The van der Waals surface area contributed by atoms with Gasteiger partial charge in [-0.1, -0.05) is 0 Å². The number of aliphatic carboxylic acids is 1. The van der Waals surface area contributed by atoms with Gasteiger partial charge >= 0.3 is 11.6 Å². The van der Waals surface area contributed by atoms with E-state index >= 15 is 0 Å². The molecule has 0 saturated carbocycles. The Balaban J connectivity index is 1.52. The fourth-order valence-corrected chi connectivity index (χ4v) is 4.04. The number of aromatic amines is 1. The molecule has 0 saturated heterocycles. The van der Waals surface area contributed by atoms with E-state index in [1.54, 1.807) is 38.2 Å². The molecular weight excluding hydrogens is 452 g/mol. The zero-order chi connectivity index (χ0) is 25.4. The van der Waals surface area contributed by atoms with Crippen molar-refractivity contribution in [3.05, 3.63) is 69.2 Å². The zero-order valence-corrected chi connectivity index (χ0v) is 19.8. The van der Waals surface area contributed by atoms with Crippen molar-refractivity contribution in [3.63, 3.8) is 0 Å². The van der Waals surface area contributed by atoms with E-state index in [1.807, 2.05) is 6.92 Å². The van der Waals surface area contributed by atoms with E-state index in [2.05, 4.69) is 10.3 Å². The molecule has 0 unspecified atom stereocenters. The van der Waals surface area contributed by atoms with Crippen molar-refractivity contribution < 1.29 is 29.0 Å². The first-order valence-corrected chi connectivity index (χ1v) is 11.1. The van der Waals surface area contributed by atoms with Crippen LogP contribution in [0.3, 0.4) is 0 Å². The number of hydrogen-bond acceptors (Lipinski definition) is 6. The van der Waals surface area contributed by atoms with Crippen molar-refractivity contribution in [3.8, 4) is 11.5 Å². The molecule has 1 amide bonds. The molecule has 182 valence electrons. The highest BCUT2D eigenvalue weighted by molar-refractivity contribution is 5.89. The topological polar surface area (TPSA) is 142 Å². The van der Waals surface area contributed by atoms with Gasteiger partial charge in [0, 0.05) is 40.0 Å². The highest BCUT2D eigenvalue weighted by atomic mass is 16.5. The summed E-state index contributed by atoms with van der Waals surface area (Å²) in [7, 11) is 0. The standard InChI is InChI=1S/C26H26N2O7/c1-12-13(2)26(33)35-23-14(3)22(8-6-18(12)23)34-15(4)24(30)28-21(25(31)32)9-16-11-27-20-7-5-17(29)10-19(16)20/h5-8,10-11,15,21,27,29H,9H2,1-4H3,(H,28,30)(H,31,32)/t15-,21+/m0/s1. The molecule has 2 aromatic heterocycles. The van der Waals surface area contributed by atoms with Crippen LogP contribution < -0.4 is 15.7 Å². The van der Waals surface area contributed by atoms with Crippen LogP contribution in [0.25, 0.3) is 21.9 Å². The van der Waals surface area contributed by atoms with Crippen molar-refractivity contribution in [2.45, 2.75) is 46.3 Å². The predicted octanol–water partition coefficient (Wildman–Crippen LogP) is 3.48. The van der Waals surface area contributed by atoms with Crippen LogP contribution in [0, 0.1) is 20.8 Å². The summed E-state index contributed by atoms with van der Waals surface area (Å²) < 4.78 is 11.3. The molecule has 0 aliphatic heterocycles. The summed E-state index contributed by atoms with van der Waals surface area (Å²) in [4.78, 5) is 39.8. The molecule has 9 heteroatoms. The van der Waals surface area contributed by atoms with Gasteiger partial charge in [0.05, 0.1) is 0 Å². The highest BCUT2D eigenvalue weighted by Gasteiger charge is 2.26.